The second-order valence-electron chi connectivity index (χ2n) is 10.5. The fourth-order valence-corrected chi connectivity index (χ4v) is 4.54. The molecule has 9 heteroatoms. The first-order valence-corrected chi connectivity index (χ1v) is 14.5. The van der Waals surface area contributed by atoms with E-state index < -0.39 is 0 Å². The standard InChI is InChI=1S/C26H35N7.C6H11NO/c1-7-17(3)24(20-13-31-33(16-20)22-9-10-22)15-30-25(8-2)23(12-27)18(4)32-26-11-21(28-6)14-29-19(26)5;8-6-5-7-3-1-2-4-7/h8,11-17,22,28,32H,2,4,7,9-10,27H2,1,3,5-6H3;6H,1-5H2/b23-12-,24-15+,30-25-;. The summed E-state index contributed by atoms with van der Waals surface area (Å²) < 4.78 is 2.07. The molecule has 1 unspecified atom stereocenters. The molecule has 0 spiro atoms. The topological polar surface area (TPSA) is 113 Å². The number of rotatable bonds is 13. The highest BCUT2D eigenvalue weighted by Gasteiger charge is 2.25. The number of carbonyl (C=O) groups is 1. The molecule has 0 radical (unpaired) electrons. The van der Waals surface area contributed by atoms with E-state index in [-0.39, 0.29) is 0 Å². The number of nitrogens with two attached hydrogens (primary N) is 1. The van der Waals surface area contributed by atoms with Gasteiger partial charge in [0.05, 0.1) is 47.8 Å². The quantitative estimate of drug-likeness (QED) is 0.164. The van der Waals surface area contributed by atoms with Gasteiger partial charge in [0.15, 0.2) is 0 Å². The molecule has 4 rings (SSSR count). The third kappa shape index (κ3) is 9.01. The lowest BCUT2D eigenvalue weighted by Crippen LogP contribution is -2.20. The second-order valence-corrected chi connectivity index (χ2v) is 10.5. The average molecular weight is 559 g/mol. The SMILES string of the molecule is C=CC(=N/C=C(/c1cnn(C2CC2)c1)C(C)CC)/C(=C\N)C(=C)Nc1cc(NC)cnc1C.O=CCN1CCCC1. The lowest BCUT2D eigenvalue weighted by molar-refractivity contribution is -0.108. The number of aldehydes is 1. The van der Waals surface area contributed by atoms with Crippen molar-refractivity contribution >= 4 is 28.9 Å². The van der Waals surface area contributed by atoms with Gasteiger partial charge in [0, 0.05) is 42.5 Å². The Kier molecular flexibility index (Phi) is 12.1. The van der Waals surface area contributed by atoms with Gasteiger partial charge < -0.3 is 21.2 Å². The first kappa shape index (κ1) is 31.5. The molecule has 1 saturated heterocycles. The van der Waals surface area contributed by atoms with Gasteiger partial charge in [-0.15, -0.1) is 0 Å². The highest BCUT2D eigenvalue weighted by atomic mass is 16.1. The smallest absolute Gasteiger partial charge is 0.133 e. The first-order valence-electron chi connectivity index (χ1n) is 14.5. The van der Waals surface area contributed by atoms with E-state index in [9.17, 15) is 4.79 Å². The zero-order valence-corrected chi connectivity index (χ0v) is 25.1. The summed E-state index contributed by atoms with van der Waals surface area (Å²) in [6.45, 7) is 17.3. The fraction of sp³-hybridized carbons (Fsp3) is 0.438. The van der Waals surface area contributed by atoms with E-state index in [1.807, 2.05) is 32.4 Å². The summed E-state index contributed by atoms with van der Waals surface area (Å²) in [5.74, 6) is 0.335. The van der Waals surface area contributed by atoms with Crippen molar-refractivity contribution in [2.24, 2.45) is 16.6 Å². The van der Waals surface area contributed by atoms with Crippen molar-refractivity contribution in [1.29, 1.82) is 0 Å². The highest BCUT2D eigenvalue weighted by Crippen LogP contribution is 2.35. The van der Waals surface area contributed by atoms with Crippen LogP contribution in [0.1, 0.15) is 63.3 Å². The van der Waals surface area contributed by atoms with Gasteiger partial charge in [-0.05, 0) is 75.8 Å². The largest absolute Gasteiger partial charge is 0.404 e. The monoisotopic (exact) mass is 558 g/mol. The van der Waals surface area contributed by atoms with Crippen LogP contribution in [0.5, 0.6) is 0 Å². The minimum absolute atomic E-state index is 0.335. The van der Waals surface area contributed by atoms with Gasteiger partial charge in [0.25, 0.3) is 0 Å². The van der Waals surface area contributed by atoms with Crippen molar-refractivity contribution in [2.75, 3.05) is 37.3 Å². The Morgan fingerprint density at radius 1 is 1.29 bits per heavy atom. The van der Waals surface area contributed by atoms with Crippen LogP contribution in [0.2, 0.25) is 0 Å². The number of nitrogens with zero attached hydrogens (tertiary/aromatic N) is 5. The first-order chi connectivity index (χ1) is 19.8. The lowest BCUT2D eigenvalue weighted by atomic mass is 9.95. The number of hydrogen-bond acceptors (Lipinski definition) is 8. The van der Waals surface area contributed by atoms with E-state index in [0.29, 0.717) is 35.5 Å². The van der Waals surface area contributed by atoms with E-state index in [1.165, 1.54) is 31.9 Å². The average Bonchev–Trinajstić information content (AvgIpc) is 3.48. The number of aromatic nitrogens is 3. The summed E-state index contributed by atoms with van der Waals surface area (Å²) in [5.41, 5.74) is 12.8. The Labute approximate surface area is 245 Å². The molecule has 0 amide bonds. The molecule has 1 saturated carbocycles. The predicted molar refractivity (Wildman–Crippen MR) is 171 cm³/mol. The predicted octanol–water partition coefficient (Wildman–Crippen LogP) is 5.73. The van der Waals surface area contributed by atoms with Crippen molar-refractivity contribution in [3.05, 3.63) is 78.8 Å². The molecule has 9 nitrogen and oxygen atoms in total. The Balaban J connectivity index is 0.000000496. The number of allylic oxidation sites excluding steroid dienone is 3. The summed E-state index contributed by atoms with van der Waals surface area (Å²) in [7, 11) is 1.86. The Morgan fingerprint density at radius 3 is 2.61 bits per heavy atom. The highest BCUT2D eigenvalue weighted by molar-refractivity contribution is 6.11. The zero-order chi connectivity index (χ0) is 29.8. The molecule has 3 heterocycles. The normalized spacial score (nSPS) is 16.9. The lowest BCUT2D eigenvalue weighted by Gasteiger charge is -2.16. The number of pyridine rings is 1. The number of nitrogens with one attached hydrogen (secondary N) is 2. The van der Waals surface area contributed by atoms with Gasteiger partial charge in [-0.2, -0.15) is 5.10 Å². The molecular formula is C32H46N8O. The third-order valence-corrected chi connectivity index (χ3v) is 7.50. The Morgan fingerprint density at radius 2 is 2.02 bits per heavy atom. The molecule has 41 heavy (non-hydrogen) atoms. The number of aryl methyl sites for hydroxylation is 1. The second kappa shape index (κ2) is 15.7. The van der Waals surface area contributed by atoms with Gasteiger partial charge in [0.1, 0.15) is 6.29 Å². The molecule has 220 valence electrons. The minimum atomic E-state index is 0.335. The van der Waals surface area contributed by atoms with Gasteiger partial charge in [-0.3, -0.25) is 19.6 Å². The van der Waals surface area contributed by atoms with Crippen LogP contribution in [0.4, 0.5) is 11.4 Å². The van der Waals surface area contributed by atoms with Crippen LogP contribution in [-0.2, 0) is 4.79 Å². The molecule has 2 aromatic heterocycles. The molecule has 2 aliphatic rings. The van der Waals surface area contributed by atoms with Crippen LogP contribution in [0, 0.1) is 12.8 Å². The van der Waals surface area contributed by atoms with Crippen LogP contribution < -0.4 is 16.4 Å². The van der Waals surface area contributed by atoms with E-state index in [1.54, 1.807) is 12.3 Å². The summed E-state index contributed by atoms with van der Waals surface area (Å²) in [6, 6.07) is 2.52. The maximum atomic E-state index is 9.92. The maximum absolute atomic E-state index is 9.92. The van der Waals surface area contributed by atoms with Crippen molar-refractivity contribution < 1.29 is 4.79 Å². The van der Waals surface area contributed by atoms with Gasteiger partial charge >= 0.3 is 0 Å². The number of aliphatic imine (C=N–C) groups is 1. The van der Waals surface area contributed by atoms with Crippen molar-refractivity contribution in [3.8, 4) is 0 Å². The van der Waals surface area contributed by atoms with Crippen LogP contribution in [0.3, 0.4) is 0 Å². The molecule has 2 aromatic rings. The van der Waals surface area contributed by atoms with Gasteiger partial charge in [-0.25, -0.2) is 0 Å². The van der Waals surface area contributed by atoms with Crippen LogP contribution in [0.25, 0.3) is 5.57 Å². The molecule has 1 aliphatic carbocycles. The molecule has 4 N–H and O–H groups in total. The molecule has 0 bridgehead atoms. The van der Waals surface area contributed by atoms with Crippen LogP contribution in [0.15, 0.2) is 72.6 Å². The number of anilines is 2. The fourth-order valence-electron chi connectivity index (χ4n) is 4.54. The molecule has 0 aromatic carbocycles. The Bertz CT molecular complexity index is 1280. The number of likely N-dealkylation sites (tertiary alicyclic amines) is 1. The van der Waals surface area contributed by atoms with Crippen LogP contribution in [-0.4, -0.2) is 58.3 Å². The van der Waals surface area contributed by atoms with E-state index in [4.69, 9.17) is 10.7 Å². The Hall–Kier alpha value is -3.98. The molecular weight excluding hydrogens is 512 g/mol. The number of hydrogen-bond donors (Lipinski definition) is 3. The summed E-state index contributed by atoms with van der Waals surface area (Å²) in [5, 5.41) is 11.0. The summed E-state index contributed by atoms with van der Waals surface area (Å²) in [6.07, 6.45) is 17.9. The summed E-state index contributed by atoms with van der Waals surface area (Å²) >= 11 is 0. The molecule has 1 aliphatic heterocycles. The molecule has 2 fully saturated rings. The minimum Gasteiger partial charge on any atom is -0.404 e. The van der Waals surface area contributed by atoms with E-state index in [0.717, 1.165) is 54.0 Å². The van der Waals surface area contributed by atoms with E-state index in [2.05, 4.69) is 63.5 Å². The summed E-state index contributed by atoms with van der Waals surface area (Å²) in [4.78, 5) is 21.3. The van der Waals surface area contributed by atoms with Crippen molar-refractivity contribution in [1.82, 2.24) is 19.7 Å². The van der Waals surface area contributed by atoms with Crippen molar-refractivity contribution in [2.45, 2.75) is 58.9 Å². The third-order valence-electron chi connectivity index (χ3n) is 7.50. The molecule has 1 atom stereocenters. The van der Waals surface area contributed by atoms with Crippen LogP contribution >= 0.6 is 0 Å². The van der Waals surface area contributed by atoms with Gasteiger partial charge in [-0.1, -0.05) is 27.0 Å². The number of carbonyl (C=O) groups excluding carboxylic acids is 1. The van der Waals surface area contributed by atoms with Gasteiger partial charge in [0.2, 0.25) is 0 Å². The van der Waals surface area contributed by atoms with Crippen molar-refractivity contribution in [3.63, 3.8) is 0 Å². The maximum Gasteiger partial charge on any atom is 0.133 e. The zero-order valence-electron chi connectivity index (χ0n) is 25.1. The van der Waals surface area contributed by atoms with E-state index >= 15 is 0 Å².